The Morgan fingerprint density at radius 1 is 1.21 bits per heavy atom. The van der Waals surface area contributed by atoms with Crippen molar-refractivity contribution in [2.75, 3.05) is 6.61 Å². The molecule has 1 rings (SSSR count). The molecule has 1 unspecified atom stereocenters. The van der Waals surface area contributed by atoms with Gasteiger partial charge in [-0.05, 0) is 17.5 Å². The molecule has 0 saturated carbocycles. The molecule has 0 radical (unpaired) electrons. The van der Waals surface area contributed by atoms with Crippen molar-refractivity contribution < 1.29 is 31.7 Å². The highest BCUT2D eigenvalue weighted by Crippen LogP contribution is 2.46. The summed E-state index contributed by atoms with van der Waals surface area (Å²) in [5.74, 6) is -5.78. The molecule has 0 aliphatic rings. The molecular weight excluding hydrogens is 284 g/mol. The highest BCUT2D eigenvalue weighted by atomic mass is 31.2. The SMILES string of the molecule is CC(C)(C)COP(=O)(O)Oc1ccc(F)c(F)c1F. The van der Waals surface area contributed by atoms with E-state index in [1.165, 1.54) is 0 Å². The lowest BCUT2D eigenvalue weighted by atomic mass is 9.99. The first-order chi connectivity index (χ1) is 8.52. The maximum absolute atomic E-state index is 13.2. The minimum atomic E-state index is -4.60. The van der Waals surface area contributed by atoms with Gasteiger partial charge in [-0.2, -0.15) is 4.39 Å². The average Bonchev–Trinajstić information content (AvgIpc) is 2.27. The highest BCUT2D eigenvalue weighted by Gasteiger charge is 2.28. The van der Waals surface area contributed by atoms with Crippen LogP contribution < -0.4 is 4.52 Å². The lowest BCUT2D eigenvalue weighted by molar-refractivity contribution is 0.142. The Morgan fingerprint density at radius 2 is 1.79 bits per heavy atom. The van der Waals surface area contributed by atoms with E-state index in [0.29, 0.717) is 12.1 Å². The summed E-state index contributed by atoms with van der Waals surface area (Å²) >= 11 is 0. The molecule has 4 nitrogen and oxygen atoms in total. The second kappa shape index (κ2) is 5.53. The Morgan fingerprint density at radius 3 is 2.32 bits per heavy atom. The van der Waals surface area contributed by atoms with Crippen LogP contribution in [0.1, 0.15) is 20.8 Å². The average molecular weight is 298 g/mol. The van der Waals surface area contributed by atoms with E-state index in [0.717, 1.165) is 0 Å². The fourth-order valence-electron chi connectivity index (χ4n) is 1.00. The summed E-state index contributed by atoms with van der Waals surface area (Å²) in [6.07, 6.45) is 0. The van der Waals surface area contributed by atoms with Gasteiger partial charge in [0.1, 0.15) is 0 Å². The maximum Gasteiger partial charge on any atom is 0.527 e. The van der Waals surface area contributed by atoms with Crippen LogP contribution in [0.15, 0.2) is 12.1 Å². The lowest BCUT2D eigenvalue weighted by Gasteiger charge is -2.20. The number of benzene rings is 1. The van der Waals surface area contributed by atoms with E-state index in [4.69, 9.17) is 0 Å². The Bertz CT molecular complexity index is 513. The zero-order valence-corrected chi connectivity index (χ0v) is 11.5. The van der Waals surface area contributed by atoms with Crippen molar-refractivity contribution >= 4 is 7.82 Å². The number of phosphoric ester groups is 1. The van der Waals surface area contributed by atoms with Gasteiger partial charge >= 0.3 is 7.82 Å². The van der Waals surface area contributed by atoms with Crippen molar-refractivity contribution in [1.29, 1.82) is 0 Å². The fraction of sp³-hybridized carbons (Fsp3) is 0.455. The number of rotatable bonds is 4. The minimum Gasteiger partial charge on any atom is -0.401 e. The van der Waals surface area contributed by atoms with Gasteiger partial charge in [0, 0.05) is 0 Å². The third-order valence-electron chi connectivity index (χ3n) is 1.87. The van der Waals surface area contributed by atoms with Gasteiger partial charge in [-0.25, -0.2) is 13.3 Å². The van der Waals surface area contributed by atoms with Gasteiger partial charge in [-0.15, -0.1) is 0 Å². The normalized spacial score (nSPS) is 15.1. The first-order valence-corrected chi connectivity index (χ1v) is 6.82. The zero-order valence-electron chi connectivity index (χ0n) is 10.6. The second-order valence-corrected chi connectivity index (χ2v) is 6.45. The van der Waals surface area contributed by atoms with Crippen LogP contribution in [0.25, 0.3) is 0 Å². The van der Waals surface area contributed by atoms with Crippen LogP contribution in [0.5, 0.6) is 5.75 Å². The largest absolute Gasteiger partial charge is 0.527 e. The first-order valence-electron chi connectivity index (χ1n) is 5.32. The molecule has 1 aromatic rings. The number of hydrogen-bond acceptors (Lipinski definition) is 3. The summed E-state index contributed by atoms with van der Waals surface area (Å²) in [4.78, 5) is 9.34. The smallest absolute Gasteiger partial charge is 0.401 e. The van der Waals surface area contributed by atoms with Crippen molar-refractivity contribution in [2.24, 2.45) is 5.41 Å². The molecule has 0 saturated heterocycles. The van der Waals surface area contributed by atoms with Gasteiger partial charge < -0.3 is 4.52 Å². The summed E-state index contributed by atoms with van der Waals surface area (Å²) in [7, 11) is -4.60. The van der Waals surface area contributed by atoms with Crippen LogP contribution in [-0.2, 0) is 9.09 Å². The Balaban J connectivity index is 2.84. The summed E-state index contributed by atoms with van der Waals surface area (Å²) in [5, 5.41) is 0. The van der Waals surface area contributed by atoms with Crippen LogP contribution in [0.2, 0.25) is 0 Å². The van der Waals surface area contributed by atoms with Crippen LogP contribution in [0.4, 0.5) is 13.2 Å². The van der Waals surface area contributed by atoms with E-state index in [2.05, 4.69) is 9.05 Å². The zero-order chi connectivity index (χ0) is 14.8. The van der Waals surface area contributed by atoms with E-state index in [-0.39, 0.29) is 6.61 Å². The molecule has 1 N–H and O–H groups in total. The van der Waals surface area contributed by atoms with E-state index in [1.807, 2.05) is 0 Å². The second-order valence-electron chi connectivity index (χ2n) is 5.07. The third kappa shape index (κ3) is 4.86. The van der Waals surface area contributed by atoms with Crippen molar-refractivity contribution in [3.63, 3.8) is 0 Å². The van der Waals surface area contributed by atoms with Crippen molar-refractivity contribution in [1.82, 2.24) is 0 Å². The Kier molecular flexibility index (Phi) is 4.66. The van der Waals surface area contributed by atoms with Crippen molar-refractivity contribution in [3.05, 3.63) is 29.6 Å². The van der Waals surface area contributed by atoms with Crippen molar-refractivity contribution in [3.8, 4) is 5.75 Å². The van der Waals surface area contributed by atoms with Crippen LogP contribution >= 0.6 is 7.82 Å². The molecule has 0 aliphatic heterocycles. The molecular formula is C11H14F3O4P. The number of halogens is 3. The van der Waals surface area contributed by atoms with Crippen molar-refractivity contribution in [2.45, 2.75) is 20.8 Å². The molecule has 108 valence electrons. The first kappa shape index (κ1) is 16.0. The maximum atomic E-state index is 13.2. The molecule has 1 aromatic carbocycles. The summed E-state index contributed by atoms with van der Waals surface area (Å²) in [5.41, 5.74) is -0.422. The highest BCUT2D eigenvalue weighted by molar-refractivity contribution is 7.47. The summed E-state index contributed by atoms with van der Waals surface area (Å²) < 4.78 is 59.3. The van der Waals surface area contributed by atoms with Gasteiger partial charge in [0.05, 0.1) is 6.61 Å². The molecule has 0 amide bonds. The molecule has 0 aliphatic carbocycles. The number of hydrogen-bond donors (Lipinski definition) is 1. The predicted molar refractivity (Wildman–Crippen MR) is 62.2 cm³/mol. The Labute approximate surface area is 108 Å². The van der Waals surface area contributed by atoms with Gasteiger partial charge in [-0.1, -0.05) is 20.8 Å². The molecule has 19 heavy (non-hydrogen) atoms. The Hall–Kier alpha value is -1.04. The van der Waals surface area contributed by atoms with Crippen LogP contribution in [-0.4, -0.2) is 11.5 Å². The monoisotopic (exact) mass is 298 g/mol. The molecule has 0 heterocycles. The van der Waals surface area contributed by atoms with Gasteiger partial charge in [0.2, 0.25) is 5.82 Å². The molecule has 1 atom stereocenters. The molecule has 0 bridgehead atoms. The van der Waals surface area contributed by atoms with Crippen LogP contribution in [0.3, 0.4) is 0 Å². The standard InChI is InChI=1S/C11H14F3O4P/c1-11(2,3)6-17-19(15,16)18-8-5-4-7(12)9(13)10(8)14/h4-5H,6H2,1-3H3,(H,15,16). The summed E-state index contributed by atoms with van der Waals surface area (Å²) in [6, 6.07) is 1.29. The fourth-order valence-corrected chi connectivity index (χ4v) is 2.00. The quantitative estimate of drug-likeness (QED) is 0.681. The molecule has 0 aromatic heterocycles. The molecule has 0 fully saturated rings. The van der Waals surface area contributed by atoms with Gasteiger partial charge in [0.25, 0.3) is 0 Å². The van der Waals surface area contributed by atoms with Gasteiger partial charge in [0.15, 0.2) is 17.4 Å². The van der Waals surface area contributed by atoms with Gasteiger partial charge in [-0.3, -0.25) is 9.42 Å². The summed E-state index contributed by atoms with van der Waals surface area (Å²) in [6.45, 7) is 5.09. The molecule has 0 spiro atoms. The van der Waals surface area contributed by atoms with E-state index < -0.39 is 36.4 Å². The molecule has 8 heteroatoms. The van der Waals surface area contributed by atoms with Crippen LogP contribution in [0, 0.1) is 22.9 Å². The lowest BCUT2D eigenvalue weighted by Crippen LogP contribution is -2.14. The van der Waals surface area contributed by atoms with E-state index in [9.17, 15) is 22.6 Å². The minimum absolute atomic E-state index is 0.133. The topological polar surface area (TPSA) is 55.8 Å². The van der Waals surface area contributed by atoms with E-state index in [1.54, 1.807) is 20.8 Å². The van der Waals surface area contributed by atoms with E-state index >= 15 is 0 Å². The third-order valence-corrected chi connectivity index (χ3v) is 2.76. The predicted octanol–water partition coefficient (Wildman–Crippen LogP) is 3.65. The number of phosphoric acid groups is 1.